The van der Waals surface area contributed by atoms with Crippen LogP contribution in [0.1, 0.15) is 16.7 Å². The van der Waals surface area contributed by atoms with Crippen molar-refractivity contribution < 1.29 is 4.79 Å². The first-order chi connectivity index (χ1) is 7.00. The van der Waals surface area contributed by atoms with Crippen molar-refractivity contribution in [1.29, 1.82) is 0 Å². The van der Waals surface area contributed by atoms with Gasteiger partial charge in [-0.15, -0.1) is 0 Å². The molecule has 0 saturated carbocycles. The van der Waals surface area contributed by atoms with Crippen molar-refractivity contribution in [1.82, 2.24) is 0 Å². The van der Waals surface area contributed by atoms with Crippen molar-refractivity contribution >= 4 is 11.9 Å². The second kappa shape index (κ2) is 4.59. The summed E-state index contributed by atoms with van der Waals surface area (Å²) in [5, 5.41) is 0. The summed E-state index contributed by atoms with van der Waals surface area (Å²) in [5.41, 5.74) is 13.4. The van der Waals surface area contributed by atoms with Crippen LogP contribution in [0, 0.1) is 13.8 Å². The van der Waals surface area contributed by atoms with Gasteiger partial charge in [0.15, 0.2) is 5.96 Å². The monoisotopic (exact) mass is 205 g/mol. The minimum Gasteiger partial charge on any atom is -0.370 e. The molecule has 0 aromatic heterocycles. The molecule has 4 heteroatoms. The molecule has 0 aliphatic heterocycles. The predicted octanol–water partition coefficient (Wildman–Crippen LogP) is 0.646. The summed E-state index contributed by atoms with van der Waals surface area (Å²) >= 11 is 0. The Morgan fingerprint density at radius 3 is 2.27 bits per heavy atom. The highest BCUT2D eigenvalue weighted by atomic mass is 16.1. The molecule has 0 saturated heterocycles. The van der Waals surface area contributed by atoms with E-state index < -0.39 is 0 Å². The minimum absolute atomic E-state index is 0.189. The molecule has 0 radical (unpaired) electrons. The van der Waals surface area contributed by atoms with E-state index >= 15 is 0 Å². The Bertz CT molecular complexity index is 386. The van der Waals surface area contributed by atoms with Crippen LogP contribution in [-0.2, 0) is 11.2 Å². The maximum Gasteiger partial charge on any atom is 0.253 e. The van der Waals surface area contributed by atoms with Gasteiger partial charge in [0.2, 0.25) is 0 Å². The molecule has 0 fully saturated rings. The summed E-state index contributed by atoms with van der Waals surface area (Å²) in [4.78, 5) is 14.9. The molecule has 4 N–H and O–H groups in total. The van der Waals surface area contributed by atoms with Crippen LogP contribution in [0.5, 0.6) is 0 Å². The number of nitrogens with two attached hydrogens (primary N) is 2. The van der Waals surface area contributed by atoms with E-state index in [0.29, 0.717) is 0 Å². The van der Waals surface area contributed by atoms with Crippen LogP contribution in [0.3, 0.4) is 0 Å². The van der Waals surface area contributed by atoms with Gasteiger partial charge in [-0.25, -0.2) is 0 Å². The van der Waals surface area contributed by atoms with E-state index in [-0.39, 0.29) is 18.3 Å². The van der Waals surface area contributed by atoms with Crippen LogP contribution in [0.2, 0.25) is 0 Å². The Hall–Kier alpha value is -1.84. The number of amides is 1. The van der Waals surface area contributed by atoms with E-state index in [1.807, 2.05) is 32.0 Å². The van der Waals surface area contributed by atoms with Crippen molar-refractivity contribution in [2.24, 2.45) is 16.5 Å². The summed E-state index contributed by atoms with van der Waals surface area (Å²) < 4.78 is 0. The quantitative estimate of drug-likeness (QED) is 0.549. The molecule has 80 valence electrons. The van der Waals surface area contributed by atoms with Crippen molar-refractivity contribution in [3.05, 3.63) is 34.9 Å². The lowest BCUT2D eigenvalue weighted by atomic mass is 10.00. The van der Waals surface area contributed by atoms with Gasteiger partial charge in [-0.2, -0.15) is 4.99 Å². The molecule has 1 rings (SSSR count). The molecular formula is C11H15N3O. The molecule has 1 aromatic rings. The molecule has 1 amide bonds. The second-order valence-corrected chi connectivity index (χ2v) is 3.48. The van der Waals surface area contributed by atoms with E-state index in [0.717, 1.165) is 16.7 Å². The van der Waals surface area contributed by atoms with Gasteiger partial charge in [0.1, 0.15) is 0 Å². The van der Waals surface area contributed by atoms with Gasteiger partial charge in [0.05, 0.1) is 6.42 Å². The number of aryl methyl sites for hydroxylation is 2. The predicted molar refractivity (Wildman–Crippen MR) is 60.4 cm³/mol. The topological polar surface area (TPSA) is 81.5 Å². The van der Waals surface area contributed by atoms with Gasteiger partial charge >= 0.3 is 0 Å². The Balaban J connectivity index is 2.90. The number of hydrogen-bond donors (Lipinski definition) is 2. The smallest absolute Gasteiger partial charge is 0.253 e. The highest BCUT2D eigenvalue weighted by molar-refractivity contribution is 5.92. The normalized spacial score (nSPS) is 9.73. The summed E-state index contributed by atoms with van der Waals surface area (Å²) in [7, 11) is 0. The molecule has 0 bridgehead atoms. The zero-order valence-electron chi connectivity index (χ0n) is 8.95. The maximum atomic E-state index is 11.4. The van der Waals surface area contributed by atoms with Crippen LogP contribution in [0.4, 0.5) is 0 Å². The Kier molecular flexibility index (Phi) is 3.44. The van der Waals surface area contributed by atoms with Gasteiger partial charge in [0, 0.05) is 0 Å². The largest absolute Gasteiger partial charge is 0.370 e. The fourth-order valence-corrected chi connectivity index (χ4v) is 1.46. The first-order valence-corrected chi connectivity index (χ1v) is 4.68. The average Bonchev–Trinajstić information content (AvgIpc) is 2.10. The SMILES string of the molecule is Cc1cccc(C)c1CC(=O)N=C(N)N. The molecule has 4 nitrogen and oxygen atoms in total. The zero-order chi connectivity index (χ0) is 11.4. The summed E-state index contributed by atoms with van der Waals surface area (Å²) in [6.45, 7) is 3.93. The van der Waals surface area contributed by atoms with Crippen molar-refractivity contribution in [2.45, 2.75) is 20.3 Å². The Morgan fingerprint density at radius 2 is 1.80 bits per heavy atom. The number of hydrogen-bond acceptors (Lipinski definition) is 1. The maximum absolute atomic E-state index is 11.4. The third kappa shape index (κ3) is 3.09. The molecule has 0 atom stereocenters. The van der Waals surface area contributed by atoms with Crippen LogP contribution in [-0.4, -0.2) is 11.9 Å². The van der Waals surface area contributed by atoms with Gasteiger partial charge in [0.25, 0.3) is 5.91 Å². The third-order valence-corrected chi connectivity index (χ3v) is 2.23. The Labute approximate surface area is 89.0 Å². The van der Waals surface area contributed by atoms with E-state index in [1.165, 1.54) is 0 Å². The first-order valence-electron chi connectivity index (χ1n) is 4.68. The van der Waals surface area contributed by atoms with Crippen molar-refractivity contribution in [3.8, 4) is 0 Å². The van der Waals surface area contributed by atoms with Crippen molar-refractivity contribution in [2.75, 3.05) is 0 Å². The van der Waals surface area contributed by atoms with E-state index in [1.54, 1.807) is 0 Å². The third-order valence-electron chi connectivity index (χ3n) is 2.23. The minimum atomic E-state index is -0.313. The molecule has 0 unspecified atom stereocenters. The molecule has 1 aromatic carbocycles. The lowest BCUT2D eigenvalue weighted by Gasteiger charge is -2.06. The molecule has 0 spiro atoms. The lowest BCUT2D eigenvalue weighted by molar-refractivity contribution is -0.117. The van der Waals surface area contributed by atoms with Crippen LogP contribution in [0.25, 0.3) is 0 Å². The van der Waals surface area contributed by atoms with Gasteiger partial charge < -0.3 is 11.5 Å². The second-order valence-electron chi connectivity index (χ2n) is 3.48. The van der Waals surface area contributed by atoms with Crippen LogP contribution in [0.15, 0.2) is 23.2 Å². The van der Waals surface area contributed by atoms with E-state index in [9.17, 15) is 4.79 Å². The number of carbonyl (C=O) groups excluding carboxylic acids is 1. The van der Waals surface area contributed by atoms with Crippen molar-refractivity contribution in [3.63, 3.8) is 0 Å². The average molecular weight is 205 g/mol. The number of benzene rings is 1. The number of guanidine groups is 1. The summed E-state index contributed by atoms with van der Waals surface area (Å²) in [5.74, 6) is -0.501. The number of rotatable bonds is 2. The molecule has 0 aliphatic carbocycles. The van der Waals surface area contributed by atoms with Crippen LogP contribution >= 0.6 is 0 Å². The highest BCUT2D eigenvalue weighted by Crippen LogP contribution is 2.14. The highest BCUT2D eigenvalue weighted by Gasteiger charge is 2.07. The molecule has 0 aliphatic rings. The number of carbonyl (C=O) groups is 1. The standard InChI is InChI=1S/C11H15N3O/c1-7-4-3-5-8(2)9(7)6-10(15)14-11(12)13/h3-5H,6H2,1-2H3,(H4,12,13,14,15). The summed E-state index contributed by atoms with van der Waals surface area (Å²) in [6.07, 6.45) is 0.246. The van der Waals surface area contributed by atoms with E-state index in [2.05, 4.69) is 4.99 Å². The fourth-order valence-electron chi connectivity index (χ4n) is 1.46. The zero-order valence-corrected chi connectivity index (χ0v) is 8.95. The Morgan fingerprint density at radius 1 is 1.27 bits per heavy atom. The molecule has 15 heavy (non-hydrogen) atoms. The van der Waals surface area contributed by atoms with Gasteiger partial charge in [-0.3, -0.25) is 4.79 Å². The summed E-state index contributed by atoms with van der Waals surface area (Å²) in [6, 6.07) is 5.88. The lowest BCUT2D eigenvalue weighted by Crippen LogP contribution is -2.24. The number of nitrogens with zero attached hydrogens (tertiary/aromatic N) is 1. The van der Waals surface area contributed by atoms with Gasteiger partial charge in [-0.05, 0) is 30.5 Å². The number of aliphatic imine (C=N–C) groups is 1. The molecule has 0 heterocycles. The van der Waals surface area contributed by atoms with Crippen LogP contribution < -0.4 is 11.5 Å². The van der Waals surface area contributed by atoms with Gasteiger partial charge in [-0.1, -0.05) is 18.2 Å². The first kappa shape index (κ1) is 11.2. The fraction of sp³-hybridized carbons (Fsp3) is 0.273. The molecular weight excluding hydrogens is 190 g/mol. The van der Waals surface area contributed by atoms with E-state index in [4.69, 9.17) is 11.5 Å².